The fourth-order valence-corrected chi connectivity index (χ4v) is 2.97. The zero-order chi connectivity index (χ0) is 17.3. The van der Waals surface area contributed by atoms with E-state index in [1.54, 1.807) is 24.4 Å². The number of aromatic nitrogens is 2. The van der Waals surface area contributed by atoms with Gasteiger partial charge in [-0.05, 0) is 50.1 Å². The number of pyridine rings is 1. The average molecular weight is 323 g/mol. The fraction of sp³-hybridized carbons (Fsp3) is 0.263. The number of hydrogen-bond donors (Lipinski definition) is 3. The van der Waals surface area contributed by atoms with Gasteiger partial charge in [0, 0.05) is 23.6 Å². The van der Waals surface area contributed by atoms with E-state index in [9.17, 15) is 9.90 Å². The summed E-state index contributed by atoms with van der Waals surface area (Å²) in [6, 6.07) is 9.49. The number of rotatable bonds is 4. The maximum Gasteiger partial charge on any atom is 0.268 e. The van der Waals surface area contributed by atoms with Crippen LogP contribution in [0.25, 0.3) is 10.9 Å². The number of nitrogens with one attached hydrogen (secondary N) is 2. The summed E-state index contributed by atoms with van der Waals surface area (Å²) in [6.45, 7) is 6.12. The molecule has 124 valence electrons. The van der Waals surface area contributed by atoms with E-state index >= 15 is 0 Å². The molecule has 1 atom stereocenters. The van der Waals surface area contributed by atoms with Crippen LogP contribution in [-0.2, 0) is 0 Å². The molecule has 24 heavy (non-hydrogen) atoms. The van der Waals surface area contributed by atoms with Crippen molar-refractivity contribution in [1.29, 1.82) is 0 Å². The molecular weight excluding hydrogens is 302 g/mol. The summed E-state index contributed by atoms with van der Waals surface area (Å²) < 4.78 is 0. The number of benzene rings is 1. The molecule has 0 spiro atoms. The predicted molar refractivity (Wildman–Crippen MR) is 94.0 cm³/mol. The molecule has 0 aliphatic carbocycles. The van der Waals surface area contributed by atoms with Crippen LogP contribution in [0.1, 0.15) is 39.0 Å². The van der Waals surface area contributed by atoms with Crippen LogP contribution in [0.4, 0.5) is 0 Å². The topological polar surface area (TPSA) is 78.0 Å². The standard InChI is InChI=1S/C19H21N3O2/c1-11-8-12(2)17-14(9-11)13(3)18(22-17)19(24)21-10-16(23)15-6-4-5-7-20-15/h4-9,16,22-23H,10H2,1-3H3,(H,21,24)/t16-/m0/s1. The molecule has 5 nitrogen and oxygen atoms in total. The SMILES string of the molecule is Cc1cc(C)c2[nH]c(C(=O)NC[C@H](O)c3ccccn3)c(C)c2c1. The number of H-pyrrole nitrogens is 1. The Hall–Kier alpha value is -2.66. The highest BCUT2D eigenvalue weighted by Crippen LogP contribution is 2.26. The second-order valence-electron chi connectivity index (χ2n) is 6.11. The Balaban J connectivity index is 1.79. The molecule has 5 heteroatoms. The van der Waals surface area contributed by atoms with Crippen molar-refractivity contribution < 1.29 is 9.90 Å². The van der Waals surface area contributed by atoms with Crippen molar-refractivity contribution in [3.05, 3.63) is 64.6 Å². The van der Waals surface area contributed by atoms with Crippen LogP contribution in [0.2, 0.25) is 0 Å². The largest absolute Gasteiger partial charge is 0.385 e. The number of carbonyl (C=O) groups is 1. The number of aryl methyl sites for hydroxylation is 3. The molecule has 0 aliphatic rings. The molecule has 3 N–H and O–H groups in total. The minimum Gasteiger partial charge on any atom is -0.385 e. The summed E-state index contributed by atoms with van der Waals surface area (Å²) in [5.74, 6) is -0.226. The van der Waals surface area contributed by atoms with E-state index in [0.717, 1.165) is 22.0 Å². The third-order valence-electron chi connectivity index (χ3n) is 4.22. The van der Waals surface area contributed by atoms with E-state index in [0.29, 0.717) is 11.4 Å². The van der Waals surface area contributed by atoms with E-state index in [1.165, 1.54) is 5.56 Å². The first-order valence-electron chi connectivity index (χ1n) is 7.94. The molecule has 2 heterocycles. The number of hydrogen-bond acceptors (Lipinski definition) is 3. The van der Waals surface area contributed by atoms with Crippen molar-refractivity contribution in [3.8, 4) is 0 Å². The molecule has 0 radical (unpaired) electrons. The maximum absolute atomic E-state index is 12.5. The lowest BCUT2D eigenvalue weighted by molar-refractivity contribution is 0.0909. The molecule has 3 rings (SSSR count). The van der Waals surface area contributed by atoms with E-state index in [-0.39, 0.29) is 12.5 Å². The molecule has 3 aromatic rings. The number of carbonyl (C=O) groups excluding carboxylic acids is 1. The fourth-order valence-electron chi connectivity index (χ4n) is 2.97. The first-order chi connectivity index (χ1) is 11.5. The van der Waals surface area contributed by atoms with Gasteiger partial charge in [0.15, 0.2) is 0 Å². The molecule has 0 fully saturated rings. The van der Waals surface area contributed by atoms with Crippen LogP contribution in [-0.4, -0.2) is 27.5 Å². The molecular formula is C19H21N3O2. The van der Waals surface area contributed by atoms with Gasteiger partial charge in [-0.2, -0.15) is 0 Å². The lowest BCUT2D eigenvalue weighted by Crippen LogP contribution is -2.29. The summed E-state index contributed by atoms with van der Waals surface area (Å²) in [5.41, 5.74) is 5.25. The highest BCUT2D eigenvalue weighted by Gasteiger charge is 2.17. The van der Waals surface area contributed by atoms with Gasteiger partial charge in [0.1, 0.15) is 11.8 Å². The van der Waals surface area contributed by atoms with Crippen LogP contribution < -0.4 is 5.32 Å². The van der Waals surface area contributed by atoms with Gasteiger partial charge in [-0.1, -0.05) is 17.7 Å². The van der Waals surface area contributed by atoms with E-state index < -0.39 is 6.10 Å². The van der Waals surface area contributed by atoms with E-state index in [2.05, 4.69) is 27.4 Å². The third-order valence-corrected chi connectivity index (χ3v) is 4.22. The Labute approximate surface area is 140 Å². The summed E-state index contributed by atoms with van der Waals surface area (Å²) in [7, 11) is 0. The van der Waals surface area contributed by atoms with Gasteiger partial charge in [0.25, 0.3) is 5.91 Å². The quantitative estimate of drug-likeness (QED) is 0.691. The van der Waals surface area contributed by atoms with Crippen molar-refractivity contribution in [2.45, 2.75) is 26.9 Å². The van der Waals surface area contributed by atoms with Crippen LogP contribution >= 0.6 is 0 Å². The molecule has 0 saturated heterocycles. The monoisotopic (exact) mass is 323 g/mol. The van der Waals surface area contributed by atoms with Crippen LogP contribution in [0.15, 0.2) is 36.5 Å². The molecule has 0 bridgehead atoms. The number of nitrogens with zero attached hydrogens (tertiary/aromatic N) is 1. The van der Waals surface area contributed by atoms with Gasteiger partial charge in [-0.15, -0.1) is 0 Å². The summed E-state index contributed by atoms with van der Waals surface area (Å²) in [5, 5.41) is 13.9. The van der Waals surface area contributed by atoms with Gasteiger partial charge in [0.05, 0.1) is 5.69 Å². The number of amides is 1. The Morgan fingerprint density at radius 2 is 2.08 bits per heavy atom. The first-order valence-corrected chi connectivity index (χ1v) is 7.94. The van der Waals surface area contributed by atoms with Gasteiger partial charge in [-0.25, -0.2) is 0 Å². The number of aliphatic hydroxyl groups is 1. The second kappa shape index (κ2) is 6.45. The molecule has 0 aliphatic heterocycles. The molecule has 2 aromatic heterocycles. The van der Waals surface area contributed by atoms with Gasteiger partial charge in [-0.3, -0.25) is 9.78 Å². The van der Waals surface area contributed by atoms with Crippen molar-refractivity contribution in [2.24, 2.45) is 0 Å². The van der Waals surface area contributed by atoms with Crippen LogP contribution in [0.5, 0.6) is 0 Å². The average Bonchev–Trinajstić information content (AvgIpc) is 2.90. The summed E-state index contributed by atoms with van der Waals surface area (Å²) in [4.78, 5) is 19.8. The molecule has 1 amide bonds. The lowest BCUT2D eigenvalue weighted by Gasteiger charge is -2.11. The Bertz CT molecular complexity index is 885. The van der Waals surface area contributed by atoms with Crippen molar-refractivity contribution >= 4 is 16.8 Å². The molecule has 1 aromatic carbocycles. The maximum atomic E-state index is 12.5. The smallest absolute Gasteiger partial charge is 0.268 e. The Morgan fingerprint density at radius 1 is 1.29 bits per heavy atom. The van der Waals surface area contributed by atoms with Crippen molar-refractivity contribution in [2.75, 3.05) is 6.54 Å². The second-order valence-corrected chi connectivity index (χ2v) is 6.11. The van der Waals surface area contributed by atoms with Gasteiger partial charge >= 0.3 is 0 Å². The highest BCUT2D eigenvalue weighted by molar-refractivity contribution is 6.01. The minimum atomic E-state index is -0.830. The zero-order valence-corrected chi connectivity index (χ0v) is 14.1. The third kappa shape index (κ3) is 3.03. The zero-order valence-electron chi connectivity index (χ0n) is 14.1. The Morgan fingerprint density at radius 3 is 2.79 bits per heavy atom. The molecule has 0 unspecified atom stereocenters. The number of aliphatic hydroxyl groups excluding tert-OH is 1. The minimum absolute atomic E-state index is 0.114. The van der Waals surface area contributed by atoms with Crippen LogP contribution in [0, 0.1) is 20.8 Å². The highest BCUT2D eigenvalue weighted by atomic mass is 16.3. The van der Waals surface area contributed by atoms with Gasteiger partial charge in [0.2, 0.25) is 0 Å². The van der Waals surface area contributed by atoms with Crippen LogP contribution in [0.3, 0.4) is 0 Å². The first kappa shape index (κ1) is 16.2. The summed E-state index contributed by atoms with van der Waals surface area (Å²) in [6.07, 6.45) is 0.789. The number of aromatic amines is 1. The number of fused-ring (bicyclic) bond motifs is 1. The predicted octanol–water partition coefficient (Wildman–Crippen LogP) is 2.95. The molecule has 0 saturated carbocycles. The van der Waals surface area contributed by atoms with E-state index in [4.69, 9.17) is 0 Å². The van der Waals surface area contributed by atoms with Crippen molar-refractivity contribution in [3.63, 3.8) is 0 Å². The lowest BCUT2D eigenvalue weighted by atomic mass is 10.1. The van der Waals surface area contributed by atoms with Gasteiger partial charge < -0.3 is 15.4 Å². The normalized spacial score (nSPS) is 12.3. The Kier molecular flexibility index (Phi) is 4.36. The summed E-state index contributed by atoms with van der Waals surface area (Å²) >= 11 is 0. The van der Waals surface area contributed by atoms with E-state index in [1.807, 2.05) is 20.8 Å². The van der Waals surface area contributed by atoms with Crippen molar-refractivity contribution in [1.82, 2.24) is 15.3 Å².